The molecule has 0 bridgehead atoms. The monoisotopic (exact) mass is 339 g/mol. The molecule has 0 aliphatic carbocycles. The van der Waals surface area contributed by atoms with Gasteiger partial charge < -0.3 is 9.64 Å². The summed E-state index contributed by atoms with van der Waals surface area (Å²) in [5.74, 6) is 0.374. The largest absolute Gasteiger partial charge is 0.444 e. The van der Waals surface area contributed by atoms with Crippen molar-refractivity contribution in [3.63, 3.8) is 0 Å². The van der Waals surface area contributed by atoms with Crippen molar-refractivity contribution in [1.29, 1.82) is 0 Å². The highest BCUT2D eigenvalue weighted by Crippen LogP contribution is 2.22. The summed E-state index contributed by atoms with van der Waals surface area (Å²) >= 11 is 0. The Hall–Kier alpha value is -1.50. The van der Waals surface area contributed by atoms with E-state index < -0.39 is 16.4 Å². The molecule has 6 nitrogen and oxygen atoms in total. The van der Waals surface area contributed by atoms with Crippen molar-refractivity contribution in [2.24, 2.45) is 0 Å². The molecule has 2 heterocycles. The maximum Gasteiger partial charge on any atom is 0.410 e. The van der Waals surface area contributed by atoms with Crippen molar-refractivity contribution in [1.82, 2.24) is 14.9 Å². The molecule has 0 N–H and O–H groups in total. The van der Waals surface area contributed by atoms with Crippen molar-refractivity contribution < 1.29 is 13.7 Å². The highest BCUT2D eigenvalue weighted by atomic mass is 32.2. The minimum absolute atomic E-state index is 0.0826. The maximum atomic E-state index is 12.6. The summed E-state index contributed by atoms with van der Waals surface area (Å²) in [6.45, 7) is 8.00. The normalized spacial score (nSPS) is 20.2. The first-order chi connectivity index (χ1) is 10.8. The van der Waals surface area contributed by atoms with E-state index in [1.54, 1.807) is 24.2 Å². The number of aryl methyl sites for hydroxylation is 1. The van der Waals surface area contributed by atoms with E-state index in [9.17, 15) is 9.00 Å². The molecule has 1 aromatic heterocycles. The first-order valence-electron chi connectivity index (χ1n) is 7.93. The summed E-state index contributed by atoms with van der Waals surface area (Å²) in [4.78, 5) is 22.4. The summed E-state index contributed by atoms with van der Waals surface area (Å²) in [5, 5.41) is 0.502. The van der Waals surface area contributed by atoms with Crippen LogP contribution >= 0.6 is 0 Å². The van der Waals surface area contributed by atoms with Crippen LogP contribution in [0.4, 0.5) is 4.79 Å². The molecule has 0 radical (unpaired) electrons. The number of hydrogen-bond acceptors (Lipinski definition) is 5. The predicted molar refractivity (Wildman–Crippen MR) is 88.6 cm³/mol. The number of likely N-dealkylation sites (tertiary alicyclic amines) is 1. The molecule has 1 aromatic rings. The third kappa shape index (κ3) is 4.99. The summed E-state index contributed by atoms with van der Waals surface area (Å²) in [5.41, 5.74) is 0.144. The highest BCUT2D eigenvalue weighted by molar-refractivity contribution is 7.85. The maximum absolute atomic E-state index is 12.6. The molecule has 0 unspecified atom stereocenters. The van der Waals surface area contributed by atoms with E-state index in [4.69, 9.17) is 4.74 Å². The van der Waals surface area contributed by atoms with Crippen LogP contribution in [0.3, 0.4) is 0 Å². The Labute approximate surface area is 140 Å². The molecule has 1 aliphatic heterocycles. The quantitative estimate of drug-likeness (QED) is 0.846. The minimum atomic E-state index is -1.28. The number of hydrogen-bond donors (Lipinski definition) is 0. The summed E-state index contributed by atoms with van der Waals surface area (Å²) in [7, 11) is -1.28. The number of carbonyl (C=O) groups is 1. The van der Waals surface area contributed by atoms with E-state index in [0.29, 0.717) is 23.0 Å². The zero-order valence-electron chi connectivity index (χ0n) is 14.2. The number of piperidine rings is 1. The molecule has 2 rings (SSSR count). The lowest BCUT2D eigenvalue weighted by molar-refractivity contribution is 0.0125. The molecule has 0 aromatic carbocycles. The Morgan fingerprint density at radius 1 is 1.35 bits per heavy atom. The fourth-order valence-corrected chi connectivity index (χ4v) is 4.02. The van der Waals surface area contributed by atoms with Gasteiger partial charge in [-0.15, -0.1) is 0 Å². The molecule has 1 fully saturated rings. The molecule has 1 aliphatic rings. The van der Waals surface area contributed by atoms with Crippen molar-refractivity contribution in [2.45, 2.75) is 63.6 Å². The number of rotatable bonds is 3. The number of amides is 1. The fraction of sp³-hybridized carbons (Fsp3) is 0.688. The molecular weight excluding hydrogens is 314 g/mol. The van der Waals surface area contributed by atoms with Crippen molar-refractivity contribution in [3.8, 4) is 0 Å². The molecule has 1 amide bonds. The molecule has 1 saturated heterocycles. The van der Waals surface area contributed by atoms with Gasteiger partial charge >= 0.3 is 6.09 Å². The lowest BCUT2D eigenvalue weighted by Gasteiger charge is -2.36. The van der Waals surface area contributed by atoms with E-state index in [-0.39, 0.29) is 12.1 Å². The summed E-state index contributed by atoms with van der Waals surface area (Å²) in [6, 6.07) is -0.0826. The van der Waals surface area contributed by atoms with Crippen LogP contribution in [0.5, 0.6) is 0 Å². The van der Waals surface area contributed by atoms with Crippen molar-refractivity contribution in [2.75, 3.05) is 12.3 Å². The highest BCUT2D eigenvalue weighted by Gasteiger charge is 2.32. The Kier molecular flexibility index (Phi) is 5.73. The fourth-order valence-electron chi connectivity index (χ4n) is 2.61. The Balaban J connectivity index is 2.08. The van der Waals surface area contributed by atoms with Gasteiger partial charge in [-0.3, -0.25) is 9.19 Å². The molecule has 23 heavy (non-hydrogen) atoms. The van der Waals surface area contributed by atoms with E-state index in [1.807, 2.05) is 20.8 Å². The smallest absolute Gasteiger partial charge is 0.410 e. The molecular formula is C16H25N3O3S. The third-order valence-corrected chi connectivity index (χ3v) is 5.17. The van der Waals surface area contributed by atoms with Crippen LogP contribution in [-0.2, 0) is 15.5 Å². The van der Waals surface area contributed by atoms with Gasteiger partial charge in [0.15, 0.2) is 0 Å². The number of nitrogens with zero attached hydrogens (tertiary/aromatic N) is 3. The van der Waals surface area contributed by atoms with Crippen LogP contribution in [0.1, 0.15) is 45.7 Å². The van der Waals surface area contributed by atoms with Gasteiger partial charge in [0, 0.05) is 25.0 Å². The van der Waals surface area contributed by atoms with Gasteiger partial charge in [0.25, 0.3) is 0 Å². The van der Waals surface area contributed by atoms with Gasteiger partial charge in [-0.2, -0.15) is 0 Å². The molecule has 128 valence electrons. The van der Waals surface area contributed by atoms with E-state index in [0.717, 1.165) is 19.3 Å². The molecule has 2 atom stereocenters. The number of aromatic nitrogens is 2. The van der Waals surface area contributed by atoms with Crippen LogP contribution in [-0.4, -0.2) is 49.1 Å². The van der Waals surface area contributed by atoms with Gasteiger partial charge in [0.05, 0.1) is 22.2 Å². The van der Waals surface area contributed by atoms with Gasteiger partial charge in [-0.25, -0.2) is 9.78 Å². The molecule has 0 saturated carbocycles. The van der Waals surface area contributed by atoms with Gasteiger partial charge in [-0.05, 0) is 47.0 Å². The summed E-state index contributed by atoms with van der Waals surface area (Å²) < 4.78 is 18.1. The van der Waals surface area contributed by atoms with Crippen molar-refractivity contribution in [3.05, 3.63) is 18.1 Å². The third-order valence-electron chi connectivity index (χ3n) is 3.65. The minimum Gasteiger partial charge on any atom is -0.444 e. The first kappa shape index (κ1) is 17.8. The standard InChI is InChI=1S/C16H25N3O3S/c1-12-14(18-9-8-17-12)23(21)11-13-7-5-6-10-19(13)15(20)22-16(2,3)4/h8-9,13H,5-7,10-11H2,1-4H3/t13-,23+/m0/s1. The second-order valence-corrected chi connectivity index (χ2v) is 8.19. The van der Waals surface area contributed by atoms with E-state index >= 15 is 0 Å². The lowest BCUT2D eigenvalue weighted by atomic mass is 10.0. The average Bonchev–Trinajstić information content (AvgIpc) is 2.46. The zero-order chi connectivity index (χ0) is 17.0. The lowest BCUT2D eigenvalue weighted by Crippen LogP contribution is -2.48. The second kappa shape index (κ2) is 7.38. The van der Waals surface area contributed by atoms with E-state index in [2.05, 4.69) is 9.97 Å². The predicted octanol–water partition coefficient (Wildman–Crippen LogP) is 2.68. The van der Waals surface area contributed by atoms with Crippen LogP contribution in [0.2, 0.25) is 0 Å². The van der Waals surface area contributed by atoms with Gasteiger partial charge in [0.2, 0.25) is 0 Å². The van der Waals surface area contributed by atoms with Gasteiger partial charge in [-0.1, -0.05) is 0 Å². The van der Waals surface area contributed by atoms with Crippen LogP contribution < -0.4 is 0 Å². The average molecular weight is 339 g/mol. The SMILES string of the molecule is Cc1nccnc1[S@](=O)C[C@@H]1CCCCN1C(=O)OC(C)(C)C. The number of ether oxygens (including phenoxy) is 1. The Morgan fingerprint density at radius 3 is 2.70 bits per heavy atom. The van der Waals surface area contributed by atoms with Crippen LogP contribution in [0.15, 0.2) is 17.4 Å². The van der Waals surface area contributed by atoms with Crippen LogP contribution in [0.25, 0.3) is 0 Å². The number of carbonyl (C=O) groups excluding carboxylic acids is 1. The second-order valence-electron chi connectivity index (χ2n) is 6.78. The topological polar surface area (TPSA) is 72.4 Å². The zero-order valence-corrected chi connectivity index (χ0v) is 15.1. The van der Waals surface area contributed by atoms with Crippen molar-refractivity contribution >= 4 is 16.9 Å². The molecule has 0 spiro atoms. The summed E-state index contributed by atoms with van der Waals surface area (Å²) in [6.07, 6.45) is 5.63. The van der Waals surface area contributed by atoms with Gasteiger partial charge in [0.1, 0.15) is 10.6 Å². The Bertz CT molecular complexity index is 586. The van der Waals surface area contributed by atoms with E-state index in [1.165, 1.54) is 0 Å². The molecule has 7 heteroatoms. The first-order valence-corrected chi connectivity index (χ1v) is 9.25. The Morgan fingerprint density at radius 2 is 2.04 bits per heavy atom. The van der Waals surface area contributed by atoms with Crippen LogP contribution in [0, 0.1) is 6.92 Å².